The number of rotatable bonds is 4. The summed E-state index contributed by atoms with van der Waals surface area (Å²) in [7, 11) is 1.91. The van der Waals surface area contributed by atoms with Gasteiger partial charge in [0.2, 0.25) is 0 Å². The maximum Gasteiger partial charge on any atom is 0.261 e. The van der Waals surface area contributed by atoms with Gasteiger partial charge in [-0.25, -0.2) is 4.98 Å². The number of hydrogen-bond donors (Lipinski definition) is 1. The van der Waals surface area contributed by atoms with Gasteiger partial charge in [-0.15, -0.1) is 0 Å². The van der Waals surface area contributed by atoms with Crippen molar-refractivity contribution in [3.05, 3.63) is 53.1 Å². The lowest BCUT2D eigenvalue weighted by Gasteiger charge is -2.04. The zero-order chi connectivity index (χ0) is 13.9. The fraction of sp³-hybridized carbons (Fsp3) is 0.133. The Morgan fingerprint density at radius 2 is 2.10 bits per heavy atom. The van der Waals surface area contributed by atoms with E-state index in [2.05, 4.69) is 10.3 Å². The number of nitrogens with zero attached hydrogens (tertiary/aromatic N) is 1. The van der Waals surface area contributed by atoms with E-state index in [-0.39, 0.29) is 0 Å². The molecule has 5 heteroatoms. The Kier molecular flexibility index (Phi) is 3.96. The molecule has 1 aromatic heterocycles. The molecule has 2 aromatic carbocycles. The van der Waals surface area contributed by atoms with Crippen molar-refractivity contribution in [2.75, 3.05) is 7.05 Å². The average molecular weight is 305 g/mol. The van der Waals surface area contributed by atoms with Gasteiger partial charge >= 0.3 is 0 Å². The number of benzene rings is 2. The lowest BCUT2D eigenvalue weighted by Crippen LogP contribution is -2.04. The standard InChI is InChI=1S/C15H13ClN2OS/c1-17-9-10-6-7-14(11(16)8-10)20-15-18-12-4-2-3-5-13(12)19-15/h2-8,17H,9H2,1H3. The van der Waals surface area contributed by atoms with Gasteiger partial charge in [-0.1, -0.05) is 29.8 Å². The Labute approximate surface area is 126 Å². The predicted molar refractivity (Wildman–Crippen MR) is 82.3 cm³/mol. The summed E-state index contributed by atoms with van der Waals surface area (Å²) in [6.45, 7) is 0.799. The number of oxazole rings is 1. The molecular weight excluding hydrogens is 292 g/mol. The highest BCUT2D eigenvalue weighted by molar-refractivity contribution is 7.99. The predicted octanol–water partition coefficient (Wildman–Crippen LogP) is 4.35. The molecule has 102 valence electrons. The molecule has 0 saturated heterocycles. The Morgan fingerprint density at radius 1 is 1.25 bits per heavy atom. The van der Waals surface area contributed by atoms with E-state index in [1.165, 1.54) is 11.8 Å². The second-order valence-corrected chi connectivity index (χ2v) is 5.75. The summed E-state index contributed by atoms with van der Waals surface area (Å²) in [4.78, 5) is 5.38. The van der Waals surface area contributed by atoms with E-state index in [4.69, 9.17) is 16.0 Å². The van der Waals surface area contributed by atoms with E-state index >= 15 is 0 Å². The molecule has 0 aliphatic heterocycles. The van der Waals surface area contributed by atoms with Crippen LogP contribution in [0.4, 0.5) is 0 Å². The molecule has 3 aromatic rings. The van der Waals surface area contributed by atoms with Crippen molar-refractivity contribution in [1.29, 1.82) is 0 Å². The van der Waals surface area contributed by atoms with Gasteiger partial charge in [-0.2, -0.15) is 0 Å². The molecule has 0 fully saturated rings. The van der Waals surface area contributed by atoms with Crippen LogP contribution < -0.4 is 5.32 Å². The number of hydrogen-bond acceptors (Lipinski definition) is 4. The molecule has 0 spiro atoms. The van der Waals surface area contributed by atoms with Gasteiger partial charge in [0.05, 0.1) is 5.02 Å². The molecule has 0 radical (unpaired) electrons. The minimum Gasteiger partial charge on any atom is -0.431 e. The van der Waals surface area contributed by atoms with Crippen molar-refractivity contribution in [3.63, 3.8) is 0 Å². The normalized spacial score (nSPS) is 11.1. The highest BCUT2D eigenvalue weighted by Gasteiger charge is 2.10. The minimum absolute atomic E-state index is 0.606. The molecule has 1 heterocycles. The zero-order valence-electron chi connectivity index (χ0n) is 10.9. The summed E-state index contributed by atoms with van der Waals surface area (Å²) in [5, 5.41) is 4.42. The Hall–Kier alpha value is -1.49. The number of nitrogens with one attached hydrogen (secondary N) is 1. The highest BCUT2D eigenvalue weighted by Crippen LogP contribution is 2.34. The van der Waals surface area contributed by atoms with E-state index < -0.39 is 0 Å². The molecular formula is C15H13ClN2OS. The van der Waals surface area contributed by atoms with E-state index in [9.17, 15) is 0 Å². The molecule has 3 nitrogen and oxygen atoms in total. The lowest BCUT2D eigenvalue weighted by molar-refractivity contribution is 0.489. The van der Waals surface area contributed by atoms with Gasteiger partial charge in [0.25, 0.3) is 5.22 Å². The van der Waals surface area contributed by atoms with Crippen molar-refractivity contribution in [2.45, 2.75) is 16.7 Å². The van der Waals surface area contributed by atoms with Crippen LogP contribution in [0.25, 0.3) is 11.1 Å². The molecule has 3 rings (SSSR count). The summed E-state index contributed by atoms with van der Waals surface area (Å²) in [5.41, 5.74) is 2.80. The summed E-state index contributed by atoms with van der Waals surface area (Å²) in [5.74, 6) is 0. The van der Waals surface area contributed by atoms with E-state index in [1.54, 1.807) is 0 Å². The smallest absolute Gasteiger partial charge is 0.261 e. The van der Waals surface area contributed by atoms with Crippen molar-refractivity contribution >= 4 is 34.5 Å². The maximum atomic E-state index is 6.30. The van der Waals surface area contributed by atoms with Gasteiger partial charge in [0.15, 0.2) is 5.58 Å². The Balaban J connectivity index is 1.86. The van der Waals surface area contributed by atoms with Crippen LogP contribution in [0.3, 0.4) is 0 Å². The molecule has 0 saturated carbocycles. The summed E-state index contributed by atoms with van der Waals surface area (Å²) in [6.07, 6.45) is 0. The first-order valence-corrected chi connectivity index (χ1v) is 7.42. The Morgan fingerprint density at radius 3 is 2.85 bits per heavy atom. The number of aromatic nitrogens is 1. The molecule has 0 bridgehead atoms. The van der Waals surface area contributed by atoms with Crippen molar-refractivity contribution in [3.8, 4) is 0 Å². The number of halogens is 1. The molecule has 0 aliphatic rings. The number of fused-ring (bicyclic) bond motifs is 1. The molecule has 20 heavy (non-hydrogen) atoms. The third-order valence-corrected chi connectivity index (χ3v) is 4.20. The topological polar surface area (TPSA) is 38.1 Å². The molecule has 0 aliphatic carbocycles. The maximum absolute atomic E-state index is 6.30. The SMILES string of the molecule is CNCc1ccc(Sc2nc3ccccc3o2)c(Cl)c1. The Bertz CT molecular complexity index is 709. The summed E-state index contributed by atoms with van der Waals surface area (Å²) in [6, 6.07) is 13.7. The largest absolute Gasteiger partial charge is 0.431 e. The third kappa shape index (κ3) is 2.82. The monoisotopic (exact) mass is 304 g/mol. The van der Waals surface area contributed by atoms with Crippen LogP contribution in [0.15, 0.2) is 57.0 Å². The van der Waals surface area contributed by atoms with Gasteiger partial charge in [-0.3, -0.25) is 0 Å². The van der Waals surface area contributed by atoms with E-state index in [0.717, 1.165) is 28.1 Å². The molecule has 0 amide bonds. The van der Waals surface area contributed by atoms with Crippen LogP contribution in [0.2, 0.25) is 5.02 Å². The highest BCUT2D eigenvalue weighted by atomic mass is 35.5. The van der Waals surface area contributed by atoms with Crippen LogP contribution in [-0.2, 0) is 6.54 Å². The van der Waals surface area contributed by atoms with Crippen LogP contribution in [0.1, 0.15) is 5.56 Å². The van der Waals surface area contributed by atoms with E-state index in [0.29, 0.717) is 10.2 Å². The molecule has 0 atom stereocenters. The molecule has 0 unspecified atom stereocenters. The first-order valence-electron chi connectivity index (χ1n) is 6.23. The fourth-order valence-corrected chi connectivity index (χ4v) is 3.00. The quantitative estimate of drug-likeness (QED) is 0.777. The van der Waals surface area contributed by atoms with Crippen molar-refractivity contribution in [2.24, 2.45) is 0 Å². The van der Waals surface area contributed by atoms with Gasteiger partial charge in [0.1, 0.15) is 5.52 Å². The van der Waals surface area contributed by atoms with Crippen molar-refractivity contribution < 1.29 is 4.42 Å². The molecule has 1 N–H and O–H groups in total. The number of para-hydroxylation sites is 2. The first-order chi connectivity index (χ1) is 9.76. The van der Waals surface area contributed by atoms with Gasteiger partial charge < -0.3 is 9.73 Å². The fourth-order valence-electron chi connectivity index (χ4n) is 1.93. The van der Waals surface area contributed by atoms with Crippen LogP contribution >= 0.6 is 23.4 Å². The summed E-state index contributed by atoms with van der Waals surface area (Å²) >= 11 is 7.73. The third-order valence-electron chi connectivity index (χ3n) is 2.85. The second-order valence-electron chi connectivity index (χ2n) is 4.34. The van der Waals surface area contributed by atoms with Crippen LogP contribution in [0, 0.1) is 0 Å². The second kappa shape index (κ2) is 5.87. The zero-order valence-corrected chi connectivity index (χ0v) is 12.5. The van der Waals surface area contributed by atoms with Crippen LogP contribution in [0.5, 0.6) is 0 Å². The first kappa shape index (κ1) is 13.5. The van der Waals surface area contributed by atoms with Gasteiger partial charge in [-0.05, 0) is 48.6 Å². The van der Waals surface area contributed by atoms with Gasteiger partial charge in [0, 0.05) is 11.4 Å². The minimum atomic E-state index is 0.606. The summed E-state index contributed by atoms with van der Waals surface area (Å²) < 4.78 is 5.69. The lowest BCUT2D eigenvalue weighted by atomic mass is 10.2. The van der Waals surface area contributed by atoms with Crippen LogP contribution in [-0.4, -0.2) is 12.0 Å². The van der Waals surface area contributed by atoms with Crippen molar-refractivity contribution in [1.82, 2.24) is 10.3 Å². The average Bonchev–Trinajstić information content (AvgIpc) is 2.84. The van der Waals surface area contributed by atoms with E-state index in [1.807, 2.05) is 49.5 Å².